The second-order valence-electron chi connectivity index (χ2n) is 5.25. The van der Waals surface area contributed by atoms with E-state index in [1.54, 1.807) is 31.2 Å². The Morgan fingerprint density at radius 1 is 1.17 bits per heavy atom. The molecule has 24 heavy (non-hydrogen) atoms. The van der Waals surface area contributed by atoms with Crippen molar-refractivity contribution >= 4 is 38.5 Å². The third-order valence-corrected chi connectivity index (χ3v) is 4.02. The summed E-state index contributed by atoms with van der Waals surface area (Å²) in [5.41, 5.74) is 4.68. The lowest BCUT2D eigenvalue weighted by molar-refractivity contribution is 0.0952. The maximum atomic E-state index is 12.1. The number of halogens is 1. The van der Waals surface area contributed by atoms with Gasteiger partial charge in [0.05, 0.1) is 17.0 Å². The lowest BCUT2D eigenvalue weighted by atomic mass is 10.2. The number of hydrogen-bond acceptors (Lipinski definition) is 4. The highest BCUT2D eigenvalue weighted by Crippen LogP contribution is 2.22. The predicted molar refractivity (Wildman–Crippen MR) is 95.4 cm³/mol. The van der Waals surface area contributed by atoms with Gasteiger partial charge in [-0.15, -0.1) is 0 Å². The number of rotatable bonds is 3. The lowest BCUT2D eigenvalue weighted by Gasteiger charge is -2.04. The number of phenolic OH excluding ortho intramolecular Hbond substituents is 2. The molecule has 3 rings (SSSR count). The number of nitrogens with one attached hydrogen (secondary N) is 2. The summed E-state index contributed by atoms with van der Waals surface area (Å²) in [7, 11) is 0. The van der Waals surface area contributed by atoms with Gasteiger partial charge in [0.15, 0.2) is 0 Å². The minimum absolute atomic E-state index is 0.121. The lowest BCUT2D eigenvalue weighted by Crippen LogP contribution is -2.19. The van der Waals surface area contributed by atoms with E-state index in [-0.39, 0.29) is 17.1 Å². The van der Waals surface area contributed by atoms with Crippen LogP contribution in [0.1, 0.15) is 23.0 Å². The van der Waals surface area contributed by atoms with Crippen molar-refractivity contribution in [2.75, 3.05) is 0 Å². The molecule has 0 aliphatic heterocycles. The molecule has 0 fully saturated rings. The van der Waals surface area contributed by atoms with Gasteiger partial charge in [-0.3, -0.25) is 4.79 Å². The highest BCUT2D eigenvalue weighted by Gasteiger charge is 2.11. The van der Waals surface area contributed by atoms with Crippen molar-refractivity contribution in [1.29, 1.82) is 0 Å². The van der Waals surface area contributed by atoms with Crippen molar-refractivity contribution in [1.82, 2.24) is 10.4 Å². The van der Waals surface area contributed by atoms with Gasteiger partial charge < -0.3 is 15.2 Å². The van der Waals surface area contributed by atoms with Crippen LogP contribution in [0.3, 0.4) is 0 Å². The molecule has 7 heteroatoms. The maximum absolute atomic E-state index is 12.1. The average Bonchev–Trinajstić information content (AvgIpc) is 2.97. The summed E-state index contributed by atoms with van der Waals surface area (Å²) in [5.74, 6) is -0.451. The van der Waals surface area contributed by atoms with E-state index in [4.69, 9.17) is 0 Å². The zero-order valence-corrected chi connectivity index (χ0v) is 14.3. The molecule has 0 spiro atoms. The number of aromatic amines is 1. The number of hydrogen-bond donors (Lipinski definition) is 4. The highest BCUT2D eigenvalue weighted by atomic mass is 79.9. The van der Waals surface area contributed by atoms with E-state index in [1.165, 1.54) is 12.1 Å². The number of carbonyl (C=O) groups excluding carboxylic acids is 1. The molecular weight excluding hydrogens is 374 g/mol. The normalized spacial score (nSPS) is 11.7. The molecule has 1 amide bonds. The van der Waals surface area contributed by atoms with E-state index in [0.29, 0.717) is 10.2 Å². The molecule has 3 aromatic rings. The number of benzene rings is 2. The fourth-order valence-corrected chi connectivity index (χ4v) is 2.62. The van der Waals surface area contributed by atoms with Gasteiger partial charge in [0.2, 0.25) is 0 Å². The minimum atomic E-state index is -0.512. The van der Waals surface area contributed by atoms with E-state index < -0.39 is 5.91 Å². The van der Waals surface area contributed by atoms with E-state index in [0.717, 1.165) is 16.6 Å². The van der Waals surface area contributed by atoms with E-state index in [2.05, 4.69) is 31.4 Å². The Kier molecular flexibility index (Phi) is 4.26. The summed E-state index contributed by atoms with van der Waals surface area (Å²) in [6.45, 7) is 1.74. The number of amides is 1. The van der Waals surface area contributed by atoms with Gasteiger partial charge in [-0.2, -0.15) is 5.10 Å². The van der Waals surface area contributed by atoms with Crippen LogP contribution >= 0.6 is 15.9 Å². The van der Waals surface area contributed by atoms with Crippen LogP contribution in [0.15, 0.2) is 52.0 Å². The summed E-state index contributed by atoms with van der Waals surface area (Å²) in [6, 6.07) is 11.4. The number of hydrazone groups is 1. The van der Waals surface area contributed by atoms with E-state index >= 15 is 0 Å². The van der Waals surface area contributed by atoms with Crippen molar-refractivity contribution in [3.05, 3.63) is 58.2 Å². The molecular formula is C17H14BrN3O3. The largest absolute Gasteiger partial charge is 0.508 e. The van der Waals surface area contributed by atoms with Crippen LogP contribution < -0.4 is 5.43 Å². The first kappa shape index (κ1) is 16.1. The van der Waals surface area contributed by atoms with Gasteiger partial charge in [-0.25, -0.2) is 5.43 Å². The smallest absolute Gasteiger partial charge is 0.275 e. The fraction of sp³-hybridized carbons (Fsp3) is 0.0588. The molecule has 1 heterocycles. The molecule has 1 aromatic heterocycles. The van der Waals surface area contributed by atoms with Crippen molar-refractivity contribution in [3.63, 3.8) is 0 Å². The Bertz CT molecular complexity index is 963. The number of carbonyl (C=O) groups is 1. The molecule has 0 radical (unpaired) electrons. The number of phenols is 2. The Hall–Kier alpha value is -2.80. The second kappa shape index (κ2) is 6.37. The average molecular weight is 388 g/mol. The third-order valence-electron chi connectivity index (χ3n) is 3.52. The summed E-state index contributed by atoms with van der Waals surface area (Å²) < 4.78 is 0.682. The van der Waals surface area contributed by atoms with Crippen molar-refractivity contribution in [2.24, 2.45) is 5.10 Å². The van der Waals surface area contributed by atoms with E-state index in [9.17, 15) is 15.0 Å². The summed E-state index contributed by atoms with van der Waals surface area (Å²) in [4.78, 5) is 15.3. The quantitative estimate of drug-likeness (QED) is 0.408. The van der Waals surface area contributed by atoms with Crippen LogP contribution in [0.25, 0.3) is 10.9 Å². The fourth-order valence-electron chi connectivity index (χ4n) is 2.26. The first-order chi connectivity index (χ1) is 11.4. The van der Waals surface area contributed by atoms with Crippen LogP contribution in [-0.2, 0) is 0 Å². The van der Waals surface area contributed by atoms with Crippen molar-refractivity contribution in [2.45, 2.75) is 6.92 Å². The zero-order chi connectivity index (χ0) is 17.3. The number of aromatic hydroxyl groups is 2. The van der Waals surface area contributed by atoms with Crippen LogP contribution in [0.4, 0.5) is 0 Å². The topological polar surface area (TPSA) is 97.7 Å². The molecule has 0 aliphatic carbocycles. The van der Waals surface area contributed by atoms with Crippen molar-refractivity contribution < 1.29 is 15.0 Å². The first-order valence-corrected chi connectivity index (χ1v) is 7.88. The summed E-state index contributed by atoms with van der Waals surface area (Å²) in [5, 5.41) is 24.1. The second-order valence-corrected chi connectivity index (χ2v) is 6.17. The summed E-state index contributed by atoms with van der Waals surface area (Å²) in [6.07, 6.45) is 0. The van der Waals surface area contributed by atoms with Crippen LogP contribution in [0, 0.1) is 0 Å². The molecule has 2 aromatic carbocycles. The maximum Gasteiger partial charge on any atom is 0.275 e. The zero-order valence-electron chi connectivity index (χ0n) is 12.7. The molecule has 0 unspecified atom stereocenters. The Morgan fingerprint density at radius 3 is 2.75 bits per heavy atom. The SMILES string of the molecule is C/C(=N\NC(=O)c1cc(Br)ccc1O)c1cc2cc(O)ccc2[nH]1. The van der Waals surface area contributed by atoms with Crippen LogP contribution in [-0.4, -0.2) is 26.8 Å². The molecule has 0 aliphatic rings. The third kappa shape index (κ3) is 3.26. The van der Waals surface area contributed by atoms with Crippen LogP contribution in [0.5, 0.6) is 11.5 Å². The Morgan fingerprint density at radius 2 is 1.96 bits per heavy atom. The van der Waals surface area contributed by atoms with E-state index in [1.807, 2.05) is 6.07 Å². The summed E-state index contributed by atoms with van der Waals surface area (Å²) >= 11 is 3.25. The number of aromatic nitrogens is 1. The predicted octanol–water partition coefficient (Wildman–Crippen LogP) is 3.50. The standard InChI is InChI=1S/C17H14BrN3O3/c1-9(15-7-10-6-12(22)3-4-14(10)19-15)20-21-17(24)13-8-11(18)2-5-16(13)23/h2-8,19,22-23H,1H3,(H,21,24)/b20-9+. The minimum Gasteiger partial charge on any atom is -0.508 e. The molecule has 6 nitrogen and oxygen atoms in total. The van der Waals surface area contributed by atoms with Gasteiger partial charge in [0.25, 0.3) is 5.91 Å². The number of H-pyrrole nitrogens is 1. The van der Waals surface area contributed by atoms with Gasteiger partial charge in [-0.1, -0.05) is 15.9 Å². The molecule has 0 saturated carbocycles. The number of nitrogens with zero attached hydrogens (tertiary/aromatic N) is 1. The van der Waals surface area contributed by atoms with Gasteiger partial charge in [-0.05, 0) is 49.4 Å². The van der Waals surface area contributed by atoms with Gasteiger partial charge in [0.1, 0.15) is 11.5 Å². The molecule has 4 N–H and O–H groups in total. The van der Waals surface area contributed by atoms with Gasteiger partial charge in [0, 0.05) is 15.4 Å². The molecule has 0 bridgehead atoms. The van der Waals surface area contributed by atoms with Crippen LogP contribution in [0.2, 0.25) is 0 Å². The highest BCUT2D eigenvalue weighted by molar-refractivity contribution is 9.10. The first-order valence-electron chi connectivity index (χ1n) is 7.09. The Balaban J connectivity index is 1.82. The molecule has 0 saturated heterocycles. The van der Waals surface area contributed by atoms with Crippen molar-refractivity contribution in [3.8, 4) is 11.5 Å². The van der Waals surface area contributed by atoms with Gasteiger partial charge >= 0.3 is 0 Å². The monoisotopic (exact) mass is 387 g/mol. The Labute approximate surface area is 146 Å². The molecule has 0 atom stereocenters. The number of fused-ring (bicyclic) bond motifs is 1. The molecule has 122 valence electrons.